The van der Waals surface area contributed by atoms with Gasteiger partial charge in [-0.05, 0) is 33.0 Å². The van der Waals surface area contributed by atoms with E-state index in [4.69, 9.17) is 0 Å². The summed E-state index contributed by atoms with van der Waals surface area (Å²) < 4.78 is 13.4. The first-order valence-corrected chi connectivity index (χ1v) is 7.22. The molecule has 0 unspecified atom stereocenters. The molecule has 1 aliphatic heterocycles. The van der Waals surface area contributed by atoms with E-state index < -0.39 is 11.7 Å². The summed E-state index contributed by atoms with van der Waals surface area (Å²) in [5, 5.41) is 2.73. The highest BCUT2D eigenvalue weighted by Gasteiger charge is 2.30. The maximum absolute atomic E-state index is 13.4. The number of pyridine rings is 1. The standard InChI is InChI=1S/C15H23FN4O/c1-15(2)11-20(10-9-19(15)3)8-7-18-14(21)13-12(16)5-4-6-17-13/h4-6H,7-11H2,1-3H3,(H,18,21). The Bertz CT molecular complexity index is 506. The van der Waals surface area contributed by atoms with Crippen LogP contribution in [-0.2, 0) is 0 Å². The van der Waals surface area contributed by atoms with Crippen LogP contribution in [0.2, 0.25) is 0 Å². The summed E-state index contributed by atoms with van der Waals surface area (Å²) in [6, 6.07) is 2.71. The minimum absolute atomic E-state index is 0.134. The normalized spacial score (nSPS) is 19.4. The third kappa shape index (κ3) is 3.98. The molecule has 21 heavy (non-hydrogen) atoms. The van der Waals surface area contributed by atoms with E-state index in [9.17, 15) is 9.18 Å². The van der Waals surface area contributed by atoms with Crippen LogP contribution in [0.3, 0.4) is 0 Å². The van der Waals surface area contributed by atoms with E-state index in [1.807, 2.05) is 0 Å². The quantitative estimate of drug-likeness (QED) is 0.899. The Balaban J connectivity index is 1.80. The lowest BCUT2D eigenvalue weighted by atomic mass is 10.00. The van der Waals surface area contributed by atoms with Gasteiger partial charge in [-0.2, -0.15) is 0 Å². The molecule has 2 rings (SSSR count). The zero-order valence-electron chi connectivity index (χ0n) is 12.9. The summed E-state index contributed by atoms with van der Waals surface area (Å²) in [6.45, 7) is 8.62. The lowest BCUT2D eigenvalue weighted by Gasteiger charge is -2.45. The van der Waals surface area contributed by atoms with E-state index in [2.05, 4.69) is 41.0 Å². The van der Waals surface area contributed by atoms with Crippen LogP contribution in [0.15, 0.2) is 18.3 Å². The highest BCUT2D eigenvalue weighted by molar-refractivity contribution is 5.92. The molecule has 1 fully saturated rings. The predicted octanol–water partition coefficient (Wildman–Crippen LogP) is 0.976. The summed E-state index contributed by atoms with van der Waals surface area (Å²) in [4.78, 5) is 20.3. The molecule has 2 heterocycles. The van der Waals surface area contributed by atoms with Crippen molar-refractivity contribution in [2.24, 2.45) is 0 Å². The van der Waals surface area contributed by atoms with E-state index >= 15 is 0 Å². The molecular weight excluding hydrogens is 271 g/mol. The fourth-order valence-corrected chi connectivity index (χ4v) is 2.50. The Morgan fingerprint density at radius 3 is 2.90 bits per heavy atom. The Hall–Kier alpha value is -1.53. The summed E-state index contributed by atoms with van der Waals surface area (Å²) in [5.74, 6) is -1.04. The summed E-state index contributed by atoms with van der Waals surface area (Å²) in [6.07, 6.45) is 1.42. The van der Waals surface area contributed by atoms with Gasteiger partial charge in [-0.1, -0.05) is 0 Å². The Labute approximate surface area is 125 Å². The number of amides is 1. The number of carbonyl (C=O) groups is 1. The fraction of sp³-hybridized carbons (Fsp3) is 0.600. The Morgan fingerprint density at radius 1 is 1.48 bits per heavy atom. The second-order valence-electron chi connectivity index (χ2n) is 6.10. The van der Waals surface area contributed by atoms with E-state index in [1.54, 1.807) is 0 Å². The molecule has 5 nitrogen and oxygen atoms in total. The number of carbonyl (C=O) groups excluding carboxylic acids is 1. The zero-order valence-corrected chi connectivity index (χ0v) is 12.9. The molecule has 0 bridgehead atoms. The van der Waals surface area contributed by atoms with E-state index in [-0.39, 0.29) is 11.2 Å². The minimum atomic E-state index is -0.587. The van der Waals surface area contributed by atoms with Gasteiger partial charge in [-0.25, -0.2) is 9.37 Å². The topological polar surface area (TPSA) is 48.5 Å². The largest absolute Gasteiger partial charge is 0.349 e. The van der Waals surface area contributed by atoms with Gasteiger partial charge in [0.25, 0.3) is 5.91 Å². The van der Waals surface area contributed by atoms with Crippen LogP contribution >= 0.6 is 0 Å². The van der Waals surface area contributed by atoms with Crippen molar-refractivity contribution in [2.45, 2.75) is 19.4 Å². The van der Waals surface area contributed by atoms with Gasteiger partial charge in [0, 0.05) is 44.5 Å². The van der Waals surface area contributed by atoms with Gasteiger partial charge in [0.1, 0.15) is 0 Å². The average Bonchev–Trinajstić information content (AvgIpc) is 2.43. The molecule has 0 saturated carbocycles. The van der Waals surface area contributed by atoms with Gasteiger partial charge in [-0.15, -0.1) is 0 Å². The lowest BCUT2D eigenvalue weighted by Crippen LogP contribution is -2.58. The molecule has 0 atom stereocenters. The SMILES string of the molecule is CN1CCN(CCNC(=O)c2ncccc2F)CC1(C)C. The molecule has 6 heteroatoms. The van der Waals surface area contributed by atoms with Crippen molar-refractivity contribution in [1.29, 1.82) is 0 Å². The molecule has 0 spiro atoms. The highest BCUT2D eigenvalue weighted by Crippen LogP contribution is 2.18. The van der Waals surface area contributed by atoms with Crippen molar-refractivity contribution in [3.63, 3.8) is 0 Å². The maximum Gasteiger partial charge on any atom is 0.272 e. The monoisotopic (exact) mass is 294 g/mol. The van der Waals surface area contributed by atoms with Crippen LogP contribution in [0.1, 0.15) is 24.3 Å². The number of nitrogens with zero attached hydrogens (tertiary/aromatic N) is 3. The van der Waals surface area contributed by atoms with Crippen molar-refractivity contribution in [3.8, 4) is 0 Å². The molecule has 0 radical (unpaired) electrons. The molecule has 1 aliphatic rings. The number of halogens is 1. The molecule has 1 amide bonds. The lowest BCUT2D eigenvalue weighted by molar-refractivity contribution is 0.0405. The summed E-state index contributed by atoms with van der Waals surface area (Å²) >= 11 is 0. The second kappa shape index (κ2) is 6.49. The van der Waals surface area contributed by atoms with Crippen LogP contribution in [0.4, 0.5) is 4.39 Å². The second-order valence-corrected chi connectivity index (χ2v) is 6.10. The fourth-order valence-electron chi connectivity index (χ4n) is 2.50. The van der Waals surface area contributed by atoms with Gasteiger partial charge >= 0.3 is 0 Å². The first-order valence-electron chi connectivity index (χ1n) is 7.22. The molecule has 1 aromatic heterocycles. The summed E-state index contributed by atoms with van der Waals surface area (Å²) in [5.41, 5.74) is -0.00812. The summed E-state index contributed by atoms with van der Waals surface area (Å²) in [7, 11) is 2.13. The van der Waals surface area contributed by atoms with E-state index in [1.165, 1.54) is 18.3 Å². The van der Waals surface area contributed by atoms with E-state index in [0.717, 1.165) is 26.2 Å². The zero-order chi connectivity index (χ0) is 15.5. The number of hydrogen-bond donors (Lipinski definition) is 1. The van der Waals surface area contributed by atoms with Crippen molar-refractivity contribution in [1.82, 2.24) is 20.1 Å². The van der Waals surface area contributed by atoms with Crippen LogP contribution in [0.25, 0.3) is 0 Å². The van der Waals surface area contributed by atoms with Crippen LogP contribution in [0, 0.1) is 5.82 Å². The van der Waals surface area contributed by atoms with Crippen LogP contribution in [-0.4, -0.2) is 66.0 Å². The number of nitrogens with one attached hydrogen (secondary N) is 1. The maximum atomic E-state index is 13.4. The molecule has 0 aliphatic carbocycles. The van der Waals surface area contributed by atoms with Crippen LogP contribution in [0.5, 0.6) is 0 Å². The first-order chi connectivity index (χ1) is 9.90. The van der Waals surface area contributed by atoms with Crippen molar-refractivity contribution in [2.75, 3.05) is 39.8 Å². The Kier molecular flexibility index (Phi) is 4.90. The first kappa shape index (κ1) is 15.9. The third-order valence-corrected chi connectivity index (χ3v) is 4.08. The number of likely N-dealkylation sites (N-methyl/N-ethyl adjacent to an activating group) is 1. The van der Waals surface area contributed by atoms with Crippen molar-refractivity contribution in [3.05, 3.63) is 29.8 Å². The highest BCUT2D eigenvalue weighted by atomic mass is 19.1. The van der Waals surface area contributed by atoms with Crippen molar-refractivity contribution < 1.29 is 9.18 Å². The number of hydrogen-bond acceptors (Lipinski definition) is 4. The number of aromatic nitrogens is 1. The molecule has 1 saturated heterocycles. The van der Waals surface area contributed by atoms with Gasteiger partial charge < -0.3 is 5.32 Å². The molecule has 0 aromatic carbocycles. The Morgan fingerprint density at radius 2 is 2.24 bits per heavy atom. The minimum Gasteiger partial charge on any atom is -0.349 e. The van der Waals surface area contributed by atoms with Gasteiger partial charge in [-0.3, -0.25) is 14.6 Å². The van der Waals surface area contributed by atoms with Crippen molar-refractivity contribution >= 4 is 5.91 Å². The van der Waals surface area contributed by atoms with E-state index in [0.29, 0.717) is 6.54 Å². The molecule has 1 aromatic rings. The smallest absolute Gasteiger partial charge is 0.272 e. The van der Waals surface area contributed by atoms with Gasteiger partial charge in [0.2, 0.25) is 0 Å². The number of piperazine rings is 1. The predicted molar refractivity (Wildman–Crippen MR) is 79.7 cm³/mol. The third-order valence-electron chi connectivity index (χ3n) is 4.08. The van der Waals surface area contributed by atoms with Gasteiger partial charge in [0.05, 0.1) is 0 Å². The number of rotatable bonds is 4. The molecule has 116 valence electrons. The molecule has 1 N–H and O–H groups in total. The molecular formula is C15H23FN4O. The van der Waals surface area contributed by atoms with Gasteiger partial charge in [0.15, 0.2) is 11.5 Å². The average molecular weight is 294 g/mol. The van der Waals surface area contributed by atoms with Crippen LogP contribution < -0.4 is 5.32 Å².